The molecule has 7 heteroatoms. The zero-order chi connectivity index (χ0) is 17.7. The lowest BCUT2D eigenvalue weighted by Gasteiger charge is -2.35. The van der Waals surface area contributed by atoms with Crippen LogP contribution >= 0.6 is 0 Å². The van der Waals surface area contributed by atoms with E-state index in [0.717, 1.165) is 37.4 Å². The van der Waals surface area contributed by atoms with Crippen LogP contribution in [-0.2, 0) is 16.0 Å². The number of aromatic nitrogens is 1. The Balaban J connectivity index is 1.82. The first-order valence-electron chi connectivity index (χ1n) is 8.65. The van der Waals surface area contributed by atoms with Crippen molar-refractivity contribution < 1.29 is 14.1 Å². The maximum Gasteiger partial charge on any atom is 0.236 e. The van der Waals surface area contributed by atoms with E-state index in [-0.39, 0.29) is 11.8 Å². The summed E-state index contributed by atoms with van der Waals surface area (Å²) in [5.41, 5.74) is 1.67. The summed E-state index contributed by atoms with van der Waals surface area (Å²) in [4.78, 5) is 30.5. The van der Waals surface area contributed by atoms with Gasteiger partial charge in [0.25, 0.3) is 0 Å². The van der Waals surface area contributed by atoms with Crippen molar-refractivity contribution in [3.63, 3.8) is 0 Å². The van der Waals surface area contributed by atoms with E-state index in [9.17, 15) is 9.59 Å². The molecule has 2 heterocycles. The van der Waals surface area contributed by atoms with Crippen LogP contribution in [0.2, 0.25) is 0 Å². The van der Waals surface area contributed by atoms with Crippen molar-refractivity contribution in [2.45, 2.75) is 34.1 Å². The van der Waals surface area contributed by atoms with Gasteiger partial charge in [0, 0.05) is 44.8 Å². The highest BCUT2D eigenvalue weighted by molar-refractivity contribution is 5.80. The van der Waals surface area contributed by atoms with Gasteiger partial charge in [0.2, 0.25) is 11.8 Å². The zero-order valence-corrected chi connectivity index (χ0v) is 15.2. The smallest absolute Gasteiger partial charge is 0.236 e. The fourth-order valence-corrected chi connectivity index (χ4v) is 3.04. The Hall–Kier alpha value is -1.89. The summed E-state index contributed by atoms with van der Waals surface area (Å²) in [5, 5.41) is 3.90. The van der Waals surface area contributed by atoms with Gasteiger partial charge in [-0.15, -0.1) is 0 Å². The predicted octanol–water partition coefficient (Wildman–Crippen LogP) is 0.847. The van der Waals surface area contributed by atoms with Gasteiger partial charge >= 0.3 is 0 Å². The van der Waals surface area contributed by atoms with Crippen LogP contribution in [-0.4, -0.2) is 77.5 Å². The second kappa shape index (κ2) is 8.28. The third kappa shape index (κ3) is 4.35. The molecule has 0 bridgehead atoms. The van der Waals surface area contributed by atoms with Gasteiger partial charge in [0.05, 0.1) is 18.7 Å². The molecule has 24 heavy (non-hydrogen) atoms. The van der Waals surface area contributed by atoms with Gasteiger partial charge in [-0.2, -0.15) is 0 Å². The normalized spacial score (nSPS) is 15.6. The molecule has 7 nitrogen and oxygen atoms in total. The van der Waals surface area contributed by atoms with Crippen LogP contribution in [0.15, 0.2) is 4.52 Å². The first kappa shape index (κ1) is 18.4. The van der Waals surface area contributed by atoms with E-state index in [1.807, 2.05) is 37.5 Å². The second-order valence-electron chi connectivity index (χ2n) is 6.20. The summed E-state index contributed by atoms with van der Waals surface area (Å²) in [6.45, 7) is 12.4. The van der Waals surface area contributed by atoms with Crippen LogP contribution in [0.4, 0.5) is 0 Å². The summed E-state index contributed by atoms with van der Waals surface area (Å²) in [5.74, 6) is 0.971. The molecule has 1 aliphatic rings. The third-order valence-corrected chi connectivity index (χ3v) is 4.71. The quantitative estimate of drug-likeness (QED) is 0.770. The van der Waals surface area contributed by atoms with Gasteiger partial charge in [-0.3, -0.25) is 14.5 Å². The maximum absolute atomic E-state index is 12.5. The number of carbonyl (C=O) groups is 2. The molecule has 134 valence electrons. The van der Waals surface area contributed by atoms with E-state index in [4.69, 9.17) is 4.52 Å². The topological polar surface area (TPSA) is 69.9 Å². The van der Waals surface area contributed by atoms with E-state index >= 15 is 0 Å². The molecule has 0 atom stereocenters. The summed E-state index contributed by atoms with van der Waals surface area (Å²) in [7, 11) is 0. The molecule has 2 amide bonds. The Bertz CT molecular complexity index is 553. The number of rotatable bonds is 6. The van der Waals surface area contributed by atoms with E-state index < -0.39 is 0 Å². The summed E-state index contributed by atoms with van der Waals surface area (Å²) < 4.78 is 5.12. The maximum atomic E-state index is 12.5. The summed E-state index contributed by atoms with van der Waals surface area (Å²) in [6.07, 6.45) is 0.333. The highest BCUT2D eigenvalue weighted by Crippen LogP contribution is 2.15. The average Bonchev–Trinajstić information content (AvgIpc) is 2.88. The molecule has 2 rings (SSSR count). The first-order valence-corrected chi connectivity index (χ1v) is 8.65. The van der Waals surface area contributed by atoms with Crippen LogP contribution in [0.5, 0.6) is 0 Å². The molecule has 0 radical (unpaired) electrons. The van der Waals surface area contributed by atoms with Gasteiger partial charge < -0.3 is 14.3 Å². The first-order chi connectivity index (χ1) is 11.5. The number of likely N-dealkylation sites (N-methyl/N-ethyl adjacent to an activating group) is 1. The average molecular weight is 336 g/mol. The monoisotopic (exact) mass is 336 g/mol. The van der Waals surface area contributed by atoms with Crippen molar-refractivity contribution >= 4 is 11.8 Å². The number of hydrogen-bond donors (Lipinski definition) is 0. The molecule has 1 saturated heterocycles. The molecule has 1 aromatic heterocycles. The number of piperazine rings is 1. The Morgan fingerprint density at radius 1 is 1.12 bits per heavy atom. The third-order valence-electron chi connectivity index (χ3n) is 4.71. The minimum atomic E-state index is 0.0964. The number of hydrogen-bond acceptors (Lipinski definition) is 5. The number of aryl methyl sites for hydroxylation is 2. The molecular weight excluding hydrogens is 308 g/mol. The molecular formula is C17H28N4O3. The second-order valence-corrected chi connectivity index (χ2v) is 6.20. The van der Waals surface area contributed by atoms with E-state index in [0.29, 0.717) is 31.8 Å². The fraction of sp³-hybridized carbons (Fsp3) is 0.706. The van der Waals surface area contributed by atoms with E-state index in [1.165, 1.54) is 0 Å². The summed E-state index contributed by atoms with van der Waals surface area (Å²) >= 11 is 0. The highest BCUT2D eigenvalue weighted by Gasteiger charge is 2.25. The van der Waals surface area contributed by atoms with Crippen molar-refractivity contribution in [3.05, 3.63) is 17.0 Å². The summed E-state index contributed by atoms with van der Waals surface area (Å²) in [6, 6.07) is 0. The minimum absolute atomic E-state index is 0.0964. The molecule has 1 fully saturated rings. The van der Waals surface area contributed by atoms with E-state index in [2.05, 4.69) is 10.1 Å². The largest absolute Gasteiger partial charge is 0.361 e. The van der Waals surface area contributed by atoms with Crippen LogP contribution in [0.3, 0.4) is 0 Å². The number of amides is 2. The number of carbonyl (C=O) groups excluding carboxylic acids is 2. The SMILES string of the molecule is CCN(CC)C(=O)CN1CCN(C(=O)Cc2c(C)noc2C)CC1. The molecule has 0 unspecified atom stereocenters. The molecule has 0 N–H and O–H groups in total. The molecule has 0 saturated carbocycles. The lowest BCUT2D eigenvalue weighted by molar-refractivity contribution is -0.134. The fourth-order valence-electron chi connectivity index (χ4n) is 3.04. The number of nitrogens with zero attached hydrogens (tertiary/aromatic N) is 4. The van der Waals surface area contributed by atoms with Crippen molar-refractivity contribution in [2.24, 2.45) is 0 Å². The van der Waals surface area contributed by atoms with Gasteiger partial charge in [-0.25, -0.2) is 0 Å². The standard InChI is InChI=1S/C17H28N4O3/c1-5-20(6-2)17(23)12-19-7-9-21(10-8-19)16(22)11-15-13(3)18-24-14(15)4/h5-12H2,1-4H3. The zero-order valence-electron chi connectivity index (χ0n) is 15.2. The van der Waals surface area contributed by atoms with Crippen molar-refractivity contribution in [3.8, 4) is 0 Å². The van der Waals surface area contributed by atoms with Crippen molar-refractivity contribution in [1.82, 2.24) is 19.9 Å². The lowest BCUT2D eigenvalue weighted by Crippen LogP contribution is -2.51. The highest BCUT2D eigenvalue weighted by atomic mass is 16.5. The molecule has 0 spiro atoms. The van der Waals surface area contributed by atoms with Crippen LogP contribution in [0, 0.1) is 13.8 Å². The van der Waals surface area contributed by atoms with Gasteiger partial charge in [0.1, 0.15) is 5.76 Å². The molecule has 1 aromatic rings. The Labute approximate surface area is 143 Å². The molecule has 0 aliphatic carbocycles. The van der Waals surface area contributed by atoms with Crippen molar-refractivity contribution in [2.75, 3.05) is 45.8 Å². The van der Waals surface area contributed by atoms with Gasteiger partial charge in [0.15, 0.2) is 0 Å². The van der Waals surface area contributed by atoms with E-state index in [1.54, 1.807) is 0 Å². The molecule has 0 aromatic carbocycles. The van der Waals surface area contributed by atoms with Crippen molar-refractivity contribution in [1.29, 1.82) is 0 Å². The Morgan fingerprint density at radius 2 is 1.75 bits per heavy atom. The van der Waals surface area contributed by atoms with Gasteiger partial charge in [-0.05, 0) is 27.7 Å². The minimum Gasteiger partial charge on any atom is -0.361 e. The van der Waals surface area contributed by atoms with Crippen LogP contribution in [0.25, 0.3) is 0 Å². The molecule has 1 aliphatic heterocycles. The Kier molecular flexibility index (Phi) is 6.36. The Morgan fingerprint density at radius 3 is 2.25 bits per heavy atom. The van der Waals surface area contributed by atoms with Gasteiger partial charge in [-0.1, -0.05) is 5.16 Å². The van der Waals surface area contributed by atoms with Crippen LogP contribution in [0.1, 0.15) is 30.9 Å². The lowest BCUT2D eigenvalue weighted by atomic mass is 10.1. The van der Waals surface area contributed by atoms with Crippen LogP contribution < -0.4 is 0 Å². The predicted molar refractivity (Wildman–Crippen MR) is 90.6 cm³/mol.